The fourth-order valence-electron chi connectivity index (χ4n) is 2.47. The summed E-state index contributed by atoms with van der Waals surface area (Å²) in [6, 6.07) is 8.26. The van der Waals surface area contributed by atoms with E-state index in [-0.39, 0.29) is 5.91 Å². The quantitative estimate of drug-likeness (QED) is 0.713. The summed E-state index contributed by atoms with van der Waals surface area (Å²) in [6.07, 6.45) is 7.14. The Bertz CT molecular complexity index is 932. The van der Waals surface area contributed by atoms with E-state index >= 15 is 0 Å². The summed E-state index contributed by atoms with van der Waals surface area (Å²) in [5.74, 6) is -0.663. The van der Waals surface area contributed by atoms with Gasteiger partial charge in [-0.3, -0.25) is 14.5 Å². The Morgan fingerprint density at radius 1 is 1.08 bits per heavy atom. The molecule has 1 aromatic carbocycles. The lowest BCUT2D eigenvalue weighted by molar-refractivity contribution is 0.0600. The Balaban J connectivity index is 1.65. The van der Waals surface area contributed by atoms with Crippen molar-refractivity contribution in [3.05, 3.63) is 71.8 Å². The number of aryl methyl sites for hydroxylation is 1. The van der Waals surface area contributed by atoms with Crippen molar-refractivity contribution >= 4 is 11.9 Å². The van der Waals surface area contributed by atoms with Crippen LogP contribution in [-0.2, 0) is 18.3 Å². The molecule has 2 heterocycles. The van der Waals surface area contributed by atoms with Crippen LogP contribution in [0.5, 0.6) is 0 Å². The summed E-state index contributed by atoms with van der Waals surface area (Å²) in [6.45, 7) is 0.346. The Kier molecular flexibility index (Phi) is 5.07. The average molecular weight is 350 g/mol. The standard InChI is InChI=1S/C19H18N4O3/c1-23-12-17(11-22-23)16-7-13(8-20-10-16)9-21-18(24)14-3-5-15(6-4-14)19(25)26-2/h3-8,10-12H,9H2,1-2H3,(H,21,24). The molecular formula is C19H18N4O3. The van der Waals surface area contributed by atoms with Gasteiger partial charge in [0, 0.05) is 48.9 Å². The first kappa shape index (κ1) is 17.3. The smallest absolute Gasteiger partial charge is 0.337 e. The molecule has 3 aromatic rings. The minimum absolute atomic E-state index is 0.229. The van der Waals surface area contributed by atoms with Crippen LogP contribution in [0.15, 0.2) is 55.1 Å². The lowest BCUT2D eigenvalue weighted by atomic mass is 10.1. The Morgan fingerprint density at radius 3 is 2.46 bits per heavy atom. The monoisotopic (exact) mass is 350 g/mol. The van der Waals surface area contributed by atoms with Gasteiger partial charge in [0.25, 0.3) is 5.91 Å². The zero-order valence-corrected chi connectivity index (χ0v) is 14.5. The van der Waals surface area contributed by atoms with Crippen LogP contribution in [0.25, 0.3) is 11.1 Å². The number of nitrogens with one attached hydrogen (secondary N) is 1. The van der Waals surface area contributed by atoms with E-state index in [1.807, 2.05) is 19.3 Å². The predicted octanol–water partition coefficient (Wildman–Crippen LogP) is 2.20. The van der Waals surface area contributed by atoms with Crippen molar-refractivity contribution in [1.82, 2.24) is 20.1 Å². The van der Waals surface area contributed by atoms with E-state index < -0.39 is 5.97 Å². The number of ether oxygens (including phenoxy) is 1. The van der Waals surface area contributed by atoms with Crippen molar-refractivity contribution in [1.29, 1.82) is 0 Å². The van der Waals surface area contributed by atoms with E-state index in [1.54, 1.807) is 47.5 Å². The fraction of sp³-hybridized carbons (Fsp3) is 0.158. The molecule has 26 heavy (non-hydrogen) atoms. The number of esters is 1. The van der Waals surface area contributed by atoms with E-state index in [0.717, 1.165) is 16.7 Å². The van der Waals surface area contributed by atoms with Crippen LogP contribution in [0.4, 0.5) is 0 Å². The number of amides is 1. The number of carbonyl (C=O) groups excluding carboxylic acids is 2. The number of carbonyl (C=O) groups is 2. The molecule has 0 saturated heterocycles. The number of nitrogens with zero attached hydrogens (tertiary/aromatic N) is 3. The first-order chi connectivity index (χ1) is 12.6. The van der Waals surface area contributed by atoms with Crippen LogP contribution in [0.2, 0.25) is 0 Å². The fourth-order valence-corrected chi connectivity index (χ4v) is 2.47. The molecule has 3 rings (SSSR count). The molecule has 0 saturated carbocycles. The summed E-state index contributed by atoms with van der Waals surface area (Å²) in [5.41, 5.74) is 3.65. The molecule has 2 aromatic heterocycles. The predicted molar refractivity (Wildman–Crippen MR) is 95.4 cm³/mol. The van der Waals surface area contributed by atoms with E-state index in [0.29, 0.717) is 17.7 Å². The molecule has 132 valence electrons. The summed E-state index contributed by atoms with van der Waals surface area (Å²) >= 11 is 0. The van der Waals surface area contributed by atoms with Crippen LogP contribution < -0.4 is 5.32 Å². The number of methoxy groups -OCH3 is 1. The van der Waals surface area contributed by atoms with Crippen molar-refractivity contribution in [2.45, 2.75) is 6.54 Å². The maximum atomic E-state index is 12.3. The summed E-state index contributed by atoms with van der Waals surface area (Å²) in [4.78, 5) is 27.9. The van der Waals surface area contributed by atoms with Crippen molar-refractivity contribution < 1.29 is 14.3 Å². The van der Waals surface area contributed by atoms with Gasteiger partial charge in [0.05, 0.1) is 18.9 Å². The highest BCUT2D eigenvalue weighted by atomic mass is 16.5. The average Bonchev–Trinajstić information content (AvgIpc) is 3.12. The molecule has 1 amide bonds. The molecule has 0 aliphatic carbocycles. The number of hydrogen-bond acceptors (Lipinski definition) is 5. The maximum Gasteiger partial charge on any atom is 0.337 e. The molecule has 0 fully saturated rings. The molecule has 0 atom stereocenters. The topological polar surface area (TPSA) is 86.1 Å². The molecule has 0 aliphatic rings. The minimum Gasteiger partial charge on any atom is -0.465 e. The van der Waals surface area contributed by atoms with Gasteiger partial charge in [0.1, 0.15) is 0 Å². The first-order valence-corrected chi connectivity index (χ1v) is 7.96. The second-order valence-corrected chi connectivity index (χ2v) is 5.74. The molecule has 1 N–H and O–H groups in total. The third kappa shape index (κ3) is 3.94. The van der Waals surface area contributed by atoms with E-state index in [1.165, 1.54) is 7.11 Å². The van der Waals surface area contributed by atoms with E-state index in [4.69, 9.17) is 0 Å². The summed E-state index contributed by atoms with van der Waals surface area (Å²) in [7, 11) is 3.17. The van der Waals surface area contributed by atoms with Crippen LogP contribution in [0.3, 0.4) is 0 Å². The van der Waals surface area contributed by atoms with Gasteiger partial charge in [-0.25, -0.2) is 4.79 Å². The van der Waals surface area contributed by atoms with Gasteiger partial charge >= 0.3 is 5.97 Å². The minimum atomic E-state index is -0.435. The molecule has 0 spiro atoms. The van der Waals surface area contributed by atoms with Gasteiger partial charge in [0.15, 0.2) is 0 Å². The molecule has 7 heteroatoms. The lowest BCUT2D eigenvalue weighted by Gasteiger charge is -2.07. The SMILES string of the molecule is COC(=O)c1ccc(C(=O)NCc2cncc(-c3cnn(C)c3)c2)cc1. The lowest BCUT2D eigenvalue weighted by Crippen LogP contribution is -2.22. The van der Waals surface area contributed by atoms with Crippen molar-refractivity contribution in [2.24, 2.45) is 7.05 Å². The summed E-state index contributed by atoms with van der Waals surface area (Å²) in [5, 5.41) is 6.99. The van der Waals surface area contributed by atoms with Crippen LogP contribution >= 0.6 is 0 Å². The number of hydrogen-bond donors (Lipinski definition) is 1. The maximum absolute atomic E-state index is 12.3. The third-order valence-corrected chi connectivity index (χ3v) is 3.85. The van der Waals surface area contributed by atoms with Crippen molar-refractivity contribution in [3.63, 3.8) is 0 Å². The van der Waals surface area contributed by atoms with Gasteiger partial charge in [-0.05, 0) is 35.9 Å². The number of aromatic nitrogens is 3. The molecular weight excluding hydrogens is 332 g/mol. The van der Waals surface area contributed by atoms with Crippen molar-refractivity contribution in [2.75, 3.05) is 7.11 Å². The second-order valence-electron chi connectivity index (χ2n) is 5.74. The number of benzene rings is 1. The Labute approximate surface area is 150 Å². The van der Waals surface area contributed by atoms with Gasteiger partial charge < -0.3 is 10.1 Å². The van der Waals surface area contributed by atoms with Crippen LogP contribution in [-0.4, -0.2) is 33.8 Å². The van der Waals surface area contributed by atoms with Crippen molar-refractivity contribution in [3.8, 4) is 11.1 Å². The third-order valence-electron chi connectivity index (χ3n) is 3.85. The largest absolute Gasteiger partial charge is 0.465 e. The Hall–Kier alpha value is -3.48. The van der Waals surface area contributed by atoms with E-state index in [9.17, 15) is 9.59 Å². The van der Waals surface area contributed by atoms with Gasteiger partial charge in [-0.15, -0.1) is 0 Å². The normalized spacial score (nSPS) is 10.4. The highest BCUT2D eigenvalue weighted by Gasteiger charge is 2.09. The van der Waals surface area contributed by atoms with E-state index in [2.05, 4.69) is 20.1 Å². The molecule has 0 radical (unpaired) electrons. The van der Waals surface area contributed by atoms with Gasteiger partial charge in [-0.1, -0.05) is 0 Å². The number of pyridine rings is 1. The Morgan fingerprint density at radius 2 is 1.81 bits per heavy atom. The highest BCUT2D eigenvalue weighted by molar-refractivity contribution is 5.96. The number of rotatable bonds is 5. The highest BCUT2D eigenvalue weighted by Crippen LogP contribution is 2.18. The molecule has 0 bridgehead atoms. The van der Waals surface area contributed by atoms with Crippen LogP contribution in [0, 0.1) is 0 Å². The molecule has 0 aliphatic heterocycles. The zero-order valence-electron chi connectivity index (χ0n) is 14.5. The molecule has 7 nitrogen and oxygen atoms in total. The summed E-state index contributed by atoms with van der Waals surface area (Å²) < 4.78 is 6.36. The van der Waals surface area contributed by atoms with Crippen LogP contribution in [0.1, 0.15) is 26.3 Å². The zero-order chi connectivity index (χ0) is 18.5. The van der Waals surface area contributed by atoms with Gasteiger partial charge in [-0.2, -0.15) is 5.10 Å². The first-order valence-electron chi connectivity index (χ1n) is 7.96. The van der Waals surface area contributed by atoms with Gasteiger partial charge in [0.2, 0.25) is 0 Å². The molecule has 0 unspecified atom stereocenters. The second kappa shape index (κ2) is 7.60.